The summed E-state index contributed by atoms with van der Waals surface area (Å²) in [6.45, 7) is 18.4. The second kappa shape index (κ2) is 15.7. The van der Waals surface area contributed by atoms with E-state index in [0.717, 1.165) is 46.0 Å². The third-order valence-corrected chi connectivity index (χ3v) is 12.9. The van der Waals surface area contributed by atoms with Gasteiger partial charge < -0.3 is 19.3 Å². The van der Waals surface area contributed by atoms with E-state index in [2.05, 4.69) is 67.7 Å². The molecule has 17 heteroatoms. The monoisotopic (exact) mass is 926 g/mol. The van der Waals surface area contributed by atoms with Crippen LogP contribution in [0.25, 0.3) is 0 Å². The van der Waals surface area contributed by atoms with Gasteiger partial charge >= 0.3 is 12.2 Å². The third kappa shape index (κ3) is 9.67. The fraction of sp³-hybridized carbons (Fsp3) is 0.667. The maximum atomic E-state index is 12.9. The quantitative estimate of drug-likeness (QED) is 0.289. The summed E-state index contributed by atoms with van der Waals surface area (Å²) in [6, 6.07) is 0. The number of aromatic nitrogens is 4. The Balaban J connectivity index is 0.000000204. The minimum absolute atomic E-state index is 0.0255. The first-order chi connectivity index (χ1) is 24.6. The fourth-order valence-corrected chi connectivity index (χ4v) is 8.19. The number of ether oxygens (including phenoxy) is 2. The van der Waals surface area contributed by atoms with E-state index in [1.54, 1.807) is 32.0 Å². The molecule has 290 valence electrons. The van der Waals surface area contributed by atoms with Gasteiger partial charge in [-0.3, -0.25) is 19.4 Å². The van der Waals surface area contributed by atoms with E-state index in [4.69, 9.17) is 9.47 Å². The van der Waals surface area contributed by atoms with Crippen LogP contribution in [0.1, 0.15) is 85.0 Å². The van der Waals surface area contributed by atoms with Crippen molar-refractivity contribution in [2.24, 2.45) is 10.8 Å². The zero-order valence-electron chi connectivity index (χ0n) is 31.7. The molecule has 4 fully saturated rings. The van der Waals surface area contributed by atoms with Crippen molar-refractivity contribution in [3.05, 3.63) is 32.7 Å². The van der Waals surface area contributed by atoms with Crippen LogP contribution in [0.4, 0.5) is 21.5 Å². The molecule has 2 spiro atoms. The van der Waals surface area contributed by atoms with Gasteiger partial charge in [0, 0.05) is 68.9 Å². The minimum atomic E-state index is -0.513. The summed E-state index contributed by atoms with van der Waals surface area (Å²) in [5.74, 6) is 0.915. The molecule has 4 aliphatic rings. The molecule has 53 heavy (non-hydrogen) atoms. The van der Waals surface area contributed by atoms with Crippen molar-refractivity contribution in [1.82, 2.24) is 29.7 Å². The van der Waals surface area contributed by atoms with Crippen molar-refractivity contribution in [1.29, 1.82) is 0 Å². The van der Waals surface area contributed by atoms with Gasteiger partial charge in [0.1, 0.15) is 16.0 Å². The predicted octanol–water partition coefficient (Wildman–Crippen LogP) is 6.98. The van der Waals surface area contributed by atoms with Gasteiger partial charge in [-0.15, -0.1) is 0 Å². The summed E-state index contributed by atoms with van der Waals surface area (Å²) in [7, 11) is 0. The average Bonchev–Trinajstić information content (AvgIpc) is 3.51. The highest BCUT2D eigenvalue weighted by molar-refractivity contribution is 9.11. The molecule has 2 aromatic heterocycles. The topological polar surface area (TPSA) is 151 Å². The molecule has 0 aliphatic carbocycles. The smallest absolute Gasteiger partial charge is 0.410 e. The number of amides is 4. The first-order valence-corrected chi connectivity index (χ1v) is 20.3. The fourth-order valence-electron chi connectivity index (χ4n) is 6.96. The second-order valence-electron chi connectivity index (χ2n) is 16.4. The highest BCUT2D eigenvalue weighted by Crippen LogP contribution is 2.46. The van der Waals surface area contributed by atoms with Gasteiger partial charge in [-0.25, -0.2) is 29.5 Å². The molecule has 0 bridgehead atoms. The number of rotatable bonds is 2. The van der Waals surface area contributed by atoms with Crippen molar-refractivity contribution in [3.63, 3.8) is 0 Å². The molecule has 0 radical (unpaired) electrons. The summed E-state index contributed by atoms with van der Waals surface area (Å²) in [6.07, 6.45) is 6.27. The van der Waals surface area contributed by atoms with Crippen molar-refractivity contribution in [3.8, 4) is 0 Å². The minimum Gasteiger partial charge on any atom is -0.444 e. The van der Waals surface area contributed by atoms with E-state index in [1.807, 2.05) is 55.4 Å². The Morgan fingerprint density at radius 3 is 1.60 bits per heavy atom. The van der Waals surface area contributed by atoms with Crippen LogP contribution in [0.3, 0.4) is 0 Å². The van der Waals surface area contributed by atoms with Crippen molar-refractivity contribution >= 4 is 83.7 Å². The summed E-state index contributed by atoms with van der Waals surface area (Å²) < 4.78 is 12.6. The summed E-state index contributed by atoms with van der Waals surface area (Å²) in [5.41, 5.74) is 0.243. The zero-order valence-corrected chi connectivity index (χ0v) is 36.4. The Labute approximate surface area is 336 Å². The lowest BCUT2D eigenvalue weighted by atomic mass is 9.77. The molecule has 0 aromatic carbocycles. The number of hydrogen-bond donors (Lipinski definition) is 0. The van der Waals surface area contributed by atoms with E-state index < -0.39 is 11.2 Å². The number of piperidine rings is 2. The number of anilines is 2. The molecular formula is C36H49Br3N8O6. The number of carbonyl (C=O) groups is 4. The van der Waals surface area contributed by atoms with Gasteiger partial charge in [-0.2, -0.15) is 0 Å². The highest BCUT2D eigenvalue weighted by Gasteiger charge is 2.54. The Morgan fingerprint density at radius 2 is 1.17 bits per heavy atom. The van der Waals surface area contributed by atoms with Crippen LogP contribution >= 0.6 is 47.8 Å². The van der Waals surface area contributed by atoms with E-state index in [0.29, 0.717) is 57.6 Å². The lowest BCUT2D eigenvalue weighted by Gasteiger charge is -2.40. The molecule has 4 amide bonds. The summed E-state index contributed by atoms with van der Waals surface area (Å²) in [4.78, 5) is 74.0. The van der Waals surface area contributed by atoms with E-state index in [-0.39, 0.29) is 39.7 Å². The number of halogens is 3. The predicted molar refractivity (Wildman–Crippen MR) is 210 cm³/mol. The van der Waals surface area contributed by atoms with Crippen LogP contribution in [-0.2, 0) is 19.1 Å². The normalized spacial score (nSPS) is 21.2. The van der Waals surface area contributed by atoms with Crippen LogP contribution in [0.5, 0.6) is 0 Å². The molecule has 14 nitrogen and oxygen atoms in total. The van der Waals surface area contributed by atoms with Gasteiger partial charge in [-0.05, 0) is 113 Å². The number of likely N-dealkylation sites (tertiary alicyclic amines) is 2. The maximum absolute atomic E-state index is 12.9. The molecule has 6 rings (SSSR count). The van der Waals surface area contributed by atoms with Crippen LogP contribution in [0, 0.1) is 24.7 Å². The number of hydrogen-bond acceptors (Lipinski definition) is 10. The van der Waals surface area contributed by atoms with E-state index in [9.17, 15) is 19.2 Å². The molecule has 2 aromatic rings. The van der Waals surface area contributed by atoms with Gasteiger partial charge in [0.15, 0.2) is 0 Å². The molecule has 0 saturated carbocycles. The summed E-state index contributed by atoms with van der Waals surface area (Å²) >= 11 is 10.4. The molecule has 1 unspecified atom stereocenters. The Bertz CT molecular complexity index is 1730. The zero-order chi connectivity index (χ0) is 39.1. The van der Waals surface area contributed by atoms with Gasteiger partial charge in [0.2, 0.25) is 23.7 Å². The molecule has 0 N–H and O–H groups in total. The maximum Gasteiger partial charge on any atom is 0.410 e. The van der Waals surface area contributed by atoms with Crippen molar-refractivity contribution in [2.45, 2.75) is 104 Å². The number of carbonyl (C=O) groups excluding carboxylic acids is 4. The Kier molecular flexibility index (Phi) is 12.2. The molecule has 4 aliphatic heterocycles. The van der Waals surface area contributed by atoms with Gasteiger partial charge in [-0.1, -0.05) is 15.9 Å². The number of alkyl halides is 1. The lowest BCUT2D eigenvalue weighted by molar-refractivity contribution is -0.118. The van der Waals surface area contributed by atoms with Crippen LogP contribution in [0.15, 0.2) is 21.3 Å². The average molecular weight is 930 g/mol. The first-order valence-electron chi connectivity index (χ1n) is 17.8. The van der Waals surface area contributed by atoms with Crippen LogP contribution < -0.4 is 9.80 Å². The van der Waals surface area contributed by atoms with Crippen LogP contribution in [-0.4, -0.2) is 109 Å². The van der Waals surface area contributed by atoms with Crippen molar-refractivity contribution < 1.29 is 28.7 Å². The van der Waals surface area contributed by atoms with Crippen molar-refractivity contribution in [2.75, 3.05) is 49.1 Å². The summed E-state index contributed by atoms with van der Waals surface area (Å²) in [5, 5.41) is 0. The first kappa shape index (κ1) is 41.2. The van der Waals surface area contributed by atoms with Crippen LogP contribution in [0.2, 0.25) is 0 Å². The van der Waals surface area contributed by atoms with Gasteiger partial charge in [0.05, 0.1) is 20.3 Å². The van der Waals surface area contributed by atoms with Gasteiger partial charge in [0.25, 0.3) is 0 Å². The van der Waals surface area contributed by atoms with E-state index in [1.165, 1.54) is 0 Å². The highest BCUT2D eigenvalue weighted by atomic mass is 79.9. The molecule has 4 saturated heterocycles. The number of aryl methyl sites for hydroxylation is 2. The standard InChI is InChI=1S/C18H24Br2N4O3.C18H25BrN4O3/c1-11-12(19)9-21-15(22-11)24-10-18(13(20)14(24)25)5-7-23(8-6-18)16(26)27-17(2,3)4;1-12-13(19)10-20-15(21-12)23-11-18(9-14(23)24)5-7-22(8-6-18)16(25)26-17(2,3)4/h9,13H,5-8,10H2,1-4H3;10H,5-9,11H2,1-4H3. The SMILES string of the molecule is Cc1nc(N2CC3(CCN(C(=O)OC(C)(C)C)CC3)C(Br)C2=O)ncc1Br.Cc1nc(N2CC3(CCN(C(=O)OC(C)(C)C)CC3)CC2=O)ncc1Br. The van der Waals surface area contributed by atoms with E-state index >= 15 is 0 Å². The second-order valence-corrected chi connectivity index (χ2v) is 19.1. The largest absolute Gasteiger partial charge is 0.444 e. The Hall–Kier alpha value is -2.92. The number of nitrogens with zero attached hydrogens (tertiary/aromatic N) is 8. The molecule has 6 heterocycles. The third-order valence-electron chi connectivity index (χ3n) is 10.00. The lowest BCUT2D eigenvalue weighted by Crippen LogP contribution is -2.48. The molecule has 1 atom stereocenters. The Morgan fingerprint density at radius 1 is 0.736 bits per heavy atom. The molecular weight excluding hydrogens is 880 g/mol.